The van der Waals surface area contributed by atoms with Gasteiger partial charge in [0.2, 0.25) is 5.82 Å². The van der Waals surface area contributed by atoms with Gasteiger partial charge in [-0.05, 0) is 13.0 Å². The number of carbonyl (C=O) groups is 1. The van der Waals surface area contributed by atoms with E-state index in [0.29, 0.717) is 24.2 Å². The van der Waals surface area contributed by atoms with Crippen LogP contribution in [-0.2, 0) is 6.42 Å². The summed E-state index contributed by atoms with van der Waals surface area (Å²) in [6.07, 6.45) is 3.54. The molecule has 1 amide bonds. The molecule has 140 valence electrons. The molecular weight excluding hydrogens is 391 g/mol. The van der Waals surface area contributed by atoms with E-state index in [1.807, 2.05) is 6.92 Å². The third-order valence-corrected chi connectivity index (χ3v) is 5.74. The number of hydrogen-bond acceptors (Lipinski definition) is 5. The Morgan fingerprint density at radius 3 is 2.70 bits per heavy atom. The van der Waals surface area contributed by atoms with Crippen LogP contribution in [-0.4, -0.2) is 44.5 Å². The quantitative estimate of drug-likeness (QED) is 0.676. The second-order valence-electron chi connectivity index (χ2n) is 6.33. The molecule has 0 unspecified atom stereocenters. The lowest BCUT2D eigenvalue weighted by molar-refractivity contribution is 0.0665. The Morgan fingerprint density at radius 2 is 2.04 bits per heavy atom. The van der Waals surface area contributed by atoms with Crippen LogP contribution in [0.4, 0.5) is 0 Å². The lowest BCUT2D eigenvalue weighted by atomic mass is 9.96. The molecule has 9 heteroatoms. The van der Waals surface area contributed by atoms with E-state index in [1.165, 1.54) is 19.5 Å². The molecule has 2 aromatic heterocycles. The average molecular weight is 407 g/mol. The number of phenols is 1. The fourth-order valence-electron chi connectivity index (χ4n) is 3.52. The fourth-order valence-corrected chi connectivity index (χ4v) is 3.92. The predicted octanol–water partition coefficient (Wildman–Crippen LogP) is 3.74. The summed E-state index contributed by atoms with van der Waals surface area (Å²) in [4.78, 5) is 26.1. The maximum atomic E-state index is 12.9. The molecule has 0 spiro atoms. The summed E-state index contributed by atoms with van der Waals surface area (Å²) in [6.45, 7) is 2.43. The maximum Gasteiger partial charge on any atom is 0.292 e. The molecule has 7 nitrogen and oxygen atoms in total. The minimum Gasteiger partial charge on any atom is -0.506 e. The highest BCUT2D eigenvalue weighted by molar-refractivity contribution is 6.46. The molecule has 1 aromatic carbocycles. The third-order valence-electron chi connectivity index (χ3n) is 4.88. The summed E-state index contributed by atoms with van der Waals surface area (Å²) < 4.78 is 5.03. The molecule has 0 fully saturated rings. The number of amides is 1. The maximum absolute atomic E-state index is 12.9. The van der Waals surface area contributed by atoms with Gasteiger partial charge in [-0.3, -0.25) is 4.79 Å². The van der Waals surface area contributed by atoms with Crippen molar-refractivity contribution >= 4 is 40.0 Å². The number of aromatic hydroxyl groups is 1. The first-order valence-electron chi connectivity index (χ1n) is 8.30. The molecule has 1 aliphatic rings. The van der Waals surface area contributed by atoms with Crippen molar-refractivity contribution < 1.29 is 14.6 Å². The number of nitrogens with one attached hydrogen (secondary N) is 1. The van der Waals surface area contributed by atoms with E-state index >= 15 is 0 Å². The largest absolute Gasteiger partial charge is 0.506 e. The van der Waals surface area contributed by atoms with Gasteiger partial charge in [-0.15, -0.1) is 0 Å². The van der Waals surface area contributed by atoms with Crippen LogP contribution in [0.5, 0.6) is 11.5 Å². The average Bonchev–Trinajstić information content (AvgIpc) is 3.05. The number of H-pyrrole nitrogens is 1. The molecule has 0 aliphatic carbocycles. The van der Waals surface area contributed by atoms with Gasteiger partial charge in [0.1, 0.15) is 10.8 Å². The molecule has 1 aliphatic heterocycles. The number of fused-ring (bicyclic) bond motifs is 3. The molecule has 0 bridgehead atoms. The van der Waals surface area contributed by atoms with Crippen LogP contribution in [0.15, 0.2) is 18.5 Å². The number of nitrogens with zero attached hydrogens (tertiary/aromatic N) is 3. The summed E-state index contributed by atoms with van der Waals surface area (Å²) in [5, 5.41) is 11.2. The van der Waals surface area contributed by atoms with Gasteiger partial charge >= 0.3 is 0 Å². The Labute approximate surface area is 164 Å². The van der Waals surface area contributed by atoms with Crippen molar-refractivity contribution in [2.24, 2.45) is 0 Å². The number of halogens is 2. The first-order valence-corrected chi connectivity index (χ1v) is 9.06. The molecular formula is C18H16Cl2N4O3. The number of aromatic amines is 1. The lowest BCUT2D eigenvalue weighted by Crippen LogP contribution is -2.39. The number of rotatable bonds is 2. The Balaban J connectivity index is 1.75. The first kappa shape index (κ1) is 17.9. The second-order valence-corrected chi connectivity index (χ2v) is 7.09. The topological polar surface area (TPSA) is 91.3 Å². The van der Waals surface area contributed by atoms with E-state index in [9.17, 15) is 9.90 Å². The van der Waals surface area contributed by atoms with Crippen molar-refractivity contribution in [2.45, 2.75) is 19.4 Å². The van der Waals surface area contributed by atoms with Crippen molar-refractivity contribution in [1.29, 1.82) is 0 Å². The van der Waals surface area contributed by atoms with Gasteiger partial charge in [-0.25, -0.2) is 9.97 Å². The SMILES string of the molecule is COc1cnc(C(=O)N2CCc3[nH]c4c(Cl)c(Cl)c(O)cc4c3[C@@H]2C)nc1. The van der Waals surface area contributed by atoms with Crippen LogP contribution in [0.2, 0.25) is 10.0 Å². The van der Waals surface area contributed by atoms with Crippen LogP contribution in [0.3, 0.4) is 0 Å². The minimum atomic E-state index is -0.269. The Kier molecular flexibility index (Phi) is 4.36. The number of aromatic nitrogens is 3. The summed E-state index contributed by atoms with van der Waals surface area (Å²) in [7, 11) is 1.51. The van der Waals surface area contributed by atoms with Crippen LogP contribution < -0.4 is 4.74 Å². The predicted molar refractivity (Wildman–Crippen MR) is 102 cm³/mol. The number of ether oxygens (including phenoxy) is 1. The summed E-state index contributed by atoms with van der Waals surface area (Å²) >= 11 is 12.3. The van der Waals surface area contributed by atoms with Crippen LogP contribution in [0.25, 0.3) is 10.9 Å². The van der Waals surface area contributed by atoms with E-state index < -0.39 is 0 Å². The van der Waals surface area contributed by atoms with Gasteiger partial charge in [0.15, 0.2) is 5.75 Å². The Morgan fingerprint density at radius 1 is 1.33 bits per heavy atom. The van der Waals surface area contributed by atoms with Gasteiger partial charge in [0.05, 0.1) is 36.1 Å². The molecule has 0 saturated carbocycles. The van der Waals surface area contributed by atoms with Gasteiger partial charge in [-0.2, -0.15) is 0 Å². The van der Waals surface area contributed by atoms with Crippen LogP contribution in [0.1, 0.15) is 34.8 Å². The molecule has 2 N–H and O–H groups in total. The van der Waals surface area contributed by atoms with Gasteiger partial charge < -0.3 is 19.7 Å². The zero-order valence-corrected chi connectivity index (χ0v) is 16.1. The van der Waals surface area contributed by atoms with Gasteiger partial charge in [-0.1, -0.05) is 23.2 Å². The highest BCUT2D eigenvalue weighted by atomic mass is 35.5. The smallest absolute Gasteiger partial charge is 0.292 e. The Hall–Kier alpha value is -2.51. The number of methoxy groups -OCH3 is 1. The fraction of sp³-hybridized carbons (Fsp3) is 0.278. The van der Waals surface area contributed by atoms with Crippen molar-refractivity contribution in [2.75, 3.05) is 13.7 Å². The van der Waals surface area contributed by atoms with Crippen molar-refractivity contribution in [3.8, 4) is 11.5 Å². The molecule has 0 saturated heterocycles. The normalized spacial score (nSPS) is 16.4. The number of phenolic OH excluding ortho intramolecular Hbond substituents is 1. The van der Waals surface area contributed by atoms with Crippen LogP contribution in [0, 0.1) is 0 Å². The van der Waals surface area contributed by atoms with E-state index in [0.717, 1.165) is 16.6 Å². The number of hydrogen-bond donors (Lipinski definition) is 2. The molecule has 0 radical (unpaired) electrons. The van der Waals surface area contributed by atoms with E-state index in [-0.39, 0.29) is 33.6 Å². The van der Waals surface area contributed by atoms with E-state index in [4.69, 9.17) is 27.9 Å². The molecule has 1 atom stereocenters. The lowest BCUT2D eigenvalue weighted by Gasteiger charge is -2.33. The highest BCUT2D eigenvalue weighted by Gasteiger charge is 2.33. The summed E-state index contributed by atoms with van der Waals surface area (Å²) in [6, 6.07) is 1.32. The standard InChI is InChI=1S/C18H16Cl2N4O3/c1-8-13-10-5-12(25)14(19)15(20)16(10)23-11(13)3-4-24(8)18(26)17-21-6-9(27-2)7-22-17/h5-8,23,25H,3-4H2,1-2H3/t8-/m0/s1. The second kappa shape index (κ2) is 6.58. The number of carbonyl (C=O) groups excluding carboxylic acids is 1. The number of benzene rings is 1. The molecule has 3 heterocycles. The van der Waals surface area contributed by atoms with Gasteiger partial charge in [0, 0.05) is 29.6 Å². The van der Waals surface area contributed by atoms with Crippen molar-refractivity contribution in [3.63, 3.8) is 0 Å². The van der Waals surface area contributed by atoms with E-state index in [1.54, 1.807) is 11.0 Å². The monoisotopic (exact) mass is 406 g/mol. The van der Waals surface area contributed by atoms with E-state index in [2.05, 4.69) is 15.0 Å². The van der Waals surface area contributed by atoms with Crippen molar-refractivity contribution in [3.05, 3.63) is 45.6 Å². The summed E-state index contributed by atoms with van der Waals surface area (Å²) in [5.74, 6) is 0.230. The van der Waals surface area contributed by atoms with Gasteiger partial charge in [0.25, 0.3) is 5.91 Å². The minimum absolute atomic E-state index is 0.0925. The van der Waals surface area contributed by atoms with Crippen LogP contribution >= 0.6 is 23.2 Å². The highest BCUT2D eigenvalue weighted by Crippen LogP contribution is 2.43. The first-order chi connectivity index (χ1) is 12.9. The van der Waals surface area contributed by atoms with Crippen molar-refractivity contribution in [1.82, 2.24) is 19.9 Å². The zero-order chi connectivity index (χ0) is 19.3. The molecule has 3 aromatic rings. The summed E-state index contributed by atoms with van der Waals surface area (Å²) in [5.41, 5.74) is 2.54. The third kappa shape index (κ3) is 2.78. The molecule has 27 heavy (non-hydrogen) atoms. The Bertz CT molecular complexity index is 1050. The molecule has 4 rings (SSSR count). The zero-order valence-electron chi connectivity index (χ0n) is 14.6.